The van der Waals surface area contributed by atoms with Crippen LogP contribution >= 0.6 is 23.2 Å². The standard InChI is InChI=1S/C10H10ClN3O2.C8H8ClN3.C4H8O/c1-6-5-14-10(12-6)7(3-8(11)13-14)4-9(15)16-2;1-5-3-7(9)11-12-4-6(2)10-8(5)12;1-2-4-5-3-1/h3,5H,4H2,1-2H3;3-4H,1-2H3;1-4H2. The molecule has 0 radical (unpaired) electrons. The van der Waals surface area contributed by atoms with E-state index in [4.69, 9.17) is 27.9 Å². The van der Waals surface area contributed by atoms with Crippen molar-refractivity contribution >= 4 is 40.5 Å². The number of hydrogen-bond donors (Lipinski definition) is 0. The van der Waals surface area contributed by atoms with Crippen LogP contribution in [0.4, 0.5) is 0 Å². The van der Waals surface area contributed by atoms with E-state index in [1.54, 1.807) is 21.3 Å². The zero-order valence-corrected chi connectivity index (χ0v) is 20.5. The fourth-order valence-corrected chi connectivity index (χ4v) is 3.65. The highest BCUT2D eigenvalue weighted by Crippen LogP contribution is 2.16. The molecule has 0 N–H and O–H groups in total. The number of carbonyl (C=O) groups excluding carboxylic acids is 1. The van der Waals surface area contributed by atoms with E-state index in [9.17, 15) is 4.79 Å². The Balaban J connectivity index is 0.000000157. The third kappa shape index (κ3) is 6.86. The maximum Gasteiger partial charge on any atom is 0.310 e. The zero-order chi connectivity index (χ0) is 24.0. The molecule has 4 aromatic heterocycles. The number of carbonyl (C=O) groups is 1. The lowest BCUT2D eigenvalue weighted by Crippen LogP contribution is -2.07. The zero-order valence-electron chi connectivity index (χ0n) is 19.0. The number of aromatic nitrogens is 6. The molecule has 0 amide bonds. The van der Waals surface area contributed by atoms with Crippen LogP contribution in [0.2, 0.25) is 10.3 Å². The van der Waals surface area contributed by atoms with Crippen molar-refractivity contribution < 1.29 is 14.3 Å². The molecule has 0 atom stereocenters. The molecule has 0 saturated carbocycles. The number of aryl methyl sites for hydroxylation is 3. The third-order valence-electron chi connectivity index (χ3n) is 4.68. The van der Waals surface area contributed by atoms with Crippen LogP contribution in [0, 0.1) is 20.8 Å². The Morgan fingerprint density at radius 1 is 0.970 bits per heavy atom. The Labute approximate surface area is 201 Å². The molecule has 33 heavy (non-hydrogen) atoms. The molecule has 9 nitrogen and oxygen atoms in total. The number of rotatable bonds is 2. The van der Waals surface area contributed by atoms with Crippen molar-refractivity contribution in [2.75, 3.05) is 20.3 Å². The van der Waals surface area contributed by atoms with Gasteiger partial charge in [-0.05, 0) is 51.3 Å². The Morgan fingerprint density at radius 2 is 1.52 bits per heavy atom. The lowest BCUT2D eigenvalue weighted by molar-refractivity contribution is -0.139. The minimum atomic E-state index is -0.329. The summed E-state index contributed by atoms with van der Waals surface area (Å²) in [4.78, 5) is 19.8. The summed E-state index contributed by atoms with van der Waals surface area (Å²) in [6, 6.07) is 3.43. The summed E-state index contributed by atoms with van der Waals surface area (Å²) in [6.45, 7) is 7.75. The SMILES string of the molecule is C1CCOC1.COC(=O)Cc1cc(Cl)nn2cc(C)nc12.Cc1cn2nc(Cl)cc(C)c2n1. The van der Waals surface area contributed by atoms with Crippen molar-refractivity contribution in [2.45, 2.75) is 40.0 Å². The van der Waals surface area contributed by atoms with E-state index in [1.807, 2.05) is 33.0 Å². The largest absolute Gasteiger partial charge is 0.469 e. The van der Waals surface area contributed by atoms with Crippen LogP contribution in [0.3, 0.4) is 0 Å². The second-order valence-corrected chi connectivity index (χ2v) is 8.29. The highest BCUT2D eigenvalue weighted by Gasteiger charge is 2.11. The quantitative estimate of drug-likeness (QED) is 0.386. The fourth-order valence-electron chi connectivity index (χ4n) is 3.19. The normalized spacial score (nSPS) is 12.8. The molecule has 0 aromatic carbocycles. The minimum Gasteiger partial charge on any atom is -0.469 e. The Hall–Kier alpha value is -2.75. The van der Waals surface area contributed by atoms with Gasteiger partial charge in [-0.1, -0.05) is 23.2 Å². The molecule has 4 aromatic rings. The average Bonchev–Trinajstić information content (AvgIpc) is 3.49. The predicted octanol–water partition coefficient (Wildman–Crippen LogP) is 4.20. The van der Waals surface area contributed by atoms with Crippen LogP contribution in [-0.2, 0) is 20.7 Å². The minimum absolute atomic E-state index is 0.138. The number of halogens is 2. The molecule has 5 heterocycles. The van der Waals surface area contributed by atoms with Crippen LogP contribution in [-0.4, -0.2) is 55.5 Å². The van der Waals surface area contributed by atoms with E-state index in [0.717, 1.165) is 35.8 Å². The molecule has 176 valence electrons. The van der Waals surface area contributed by atoms with Gasteiger partial charge < -0.3 is 9.47 Å². The van der Waals surface area contributed by atoms with Crippen molar-refractivity contribution in [2.24, 2.45) is 0 Å². The predicted molar refractivity (Wildman–Crippen MR) is 126 cm³/mol. The number of nitrogens with zero attached hydrogens (tertiary/aromatic N) is 6. The van der Waals surface area contributed by atoms with Crippen LogP contribution in [0.25, 0.3) is 11.3 Å². The van der Waals surface area contributed by atoms with Crippen LogP contribution in [0.15, 0.2) is 24.5 Å². The van der Waals surface area contributed by atoms with Gasteiger partial charge in [0.25, 0.3) is 0 Å². The molecule has 0 unspecified atom stereocenters. The van der Waals surface area contributed by atoms with Gasteiger partial charge >= 0.3 is 5.97 Å². The topological polar surface area (TPSA) is 95.9 Å². The van der Waals surface area contributed by atoms with Gasteiger partial charge in [0.05, 0.1) is 37.3 Å². The average molecular weight is 493 g/mol. The van der Waals surface area contributed by atoms with E-state index >= 15 is 0 Å². The Bertz CT molecular complexity index is 1240. The highest BCUT2D eigenvalue weighted by atomic mass is 35.5. The number of methoxy groups -OCH3 is 1. The third-order valence-corrected chi connectivity index (χ3v) is 5.05. The summed E-state index contributed by atoms with van der Waals surface area (Å²) in [6.07, 6.45) is 6.30. The van der Waals surface area contributed by atoms with Crippen molar-refractivity contribution in [3.8, 4) is 0 Å². The molecule has 0 spiro atoms. The smallest absolute Gasteiger partial charge is 0.310 e. The van der Waals surface area contributed by atoms with E-state index in [-0.39, 0.29) is 12.4 Å². The lowest BCUT2D eigenvalue weighted by Gasteiger charge is -2.02. The number of imidazole rings is 2. The Morgan fingerprint density at radius 3 is 2.06 bits per heavy atom. The first-order valence-corrected chi connectivity index (χ1v) is 11.2. The second-order valence-electron chi connectivity index (χ2n) is 7.52. The fraction of sp³-hybridized carbons (Fsp3) is 0.409. The van der Waals surface area contributed by atoms with E-state index in [1.165, 1.54) is 20.0 Å². The first-order chi connectivity index (χ1) is 15.8. The van der Waals surface area contributed by atoms with Crippen molar-refractivity contribution in [1.82, 2.24) is 29.2 Å². The number of fused-ring (bicyclic) bond motifs is 2. The Kier molecular flexibility index (Phi) is 8.60. The van der Waals surface area contributed by atoms with Crippen LogP contribution in [0.1, 0.15) is 35.4 Å². The summed E-state index contributed by atoms with van der Waals surface area (Å²) in [5, 5.41) is 8.96. The molecule has 5 rings (SSSR count). The number of esters is 1. The summed E-state index contributed by atoms with van der Waals surface area (Å²) >= 11 is 11.6. The van der Waals surface area contributed by atoms with Gasteiger partial charge in [-0.15, -0.1) is 0 Å². The summed E-state index contributed by atoms with van der Waals surface area (Å²) in [7, 11) is 1.35. The number of hydrogen-bond acceptors (Lipinski definition) is 7. The summed E-state index contributed by atoms with van der Waals surface area (Å²) < 4.78 is 12.8. The van der Waals surface area contributed by atoms with Crippen molar-refractivity contribution in [3.63, 3.8) is 0 Å². The van der Waals surface area contributed by atoms with Gasteiger partial charge in [-0.3, -0.25) is 4.79 Å². The van der Waals surface area contributed by atoms with Gasteiger partial charge in [-0.25, -0.2) is 19.0 Å². The molecular formula is C22H26Cl2N6O3. The van der Waals surface area contributed by atoms with E-state index < -0.39 is 0 Å². The van der Waals surface area contributed by atoms with Crippen LogP contribution < -0.4 is 0 Å². The summed E-state index contributed by atoms with van der Waals surface area (Å²) in [5.41, 5.74) is 5.03. The van der Waals surface area contributed by atoms with Gasteiger partial charge in [0.2, 0.25) is 0 Å². The van der Waals surface area contributed by atoms with Crippen molar-refractivity contribution in [1.29, 1.82) is 0 Å². The lowest BCUT2D eigenvalue weighted by atomic mass is 10.2. The summed E-state index contributed by atoms with van der Waals surface area (Å²) in [5.74, 6) is -0.329. The molecule has 1 aliphatic rings. The van der Waals surface area contributed by atoms with Gasteiger partial charge in [-0.2, -0.15) is 10.2 Å². The molecule has 1 saturated heterocycles. The molecule has 1 fully saturated rings. The second kappa shape index (κ2) is 11.4. The molecule has 1 aliphatic heterocycles. The molecule has 11 heteroatoms. The highest BCUT2D eigenvalue weighted by molar-refractivity contribution is 6.29. The molecule has 0 aliphatic carbocycles. The maximum atomic E-state index is 11.2. The number of ether oxygens (including phenoxy) is 2. The van der Waals surface area contributed by atoms with E-state index in [2.05, 4.69) is 24.9 Å². The molecular weight excluding hydrogens is 467 g/mol. The van der Waals surface area contributed by atoms with Crippen LogP contribution in [0.5, 0.6) is 0 Å². The van der Waals surface area contributed by atoms with Gasteiger partial charge in [0.1, 0.15) is 10.3 Å². The van der Waals surface area contributed by atoms with E-state index in [0.29, 0.717) is 21.5 Å². The first kappa shape index (κ1) is 24.9. The van der Waals surface area contributed by atoms with Gasteiger partial charge in [0.15, 0.2) is 11.3 Å². The van der Waals surface area contributed by atoms with Gasteiger partial charge in [0, 0.05) is 18.8 Å². The van der Waals surface area contributed by atoms with Crippen molar-refractivity contribution in [3.05, 3.63) is 57.3 Å². The maximum absolute atomic E-state index is 11.2. The monoisotopic (exact) mass is 492 g/mol. The first-order valence-electron chi connectivity index (χ1n) is 10.4. The molecule has 0 bridgehead atoms.